The van der Waals surface area contributed by atoms with E-state index in [2.05, 4.69) is 17.0 Å². The van der Waals surface area contributed by atoms with E-state index in [-0.39, 0.29) is 16.3 Å². The summed E-state index contributed by atoms with van der Waals surface area (Å²) in [5.41, 5.74) is 2.73. The molecule has 19 heavy (non-hydrogen) atoms. The summed E-state index contributed by atoms with van der Waals surface area (Å²) in [6, 6.07) is 5.74. The zero-order chi connectivity index (χ0) is 14.6. The van der Waals surface area contributed by atoms with Crippen LogP contribution in [0.5, 0.6) is 0 Å². The molecule has 0 spiro atoms. The summed E-state index contributed by atoms with van der Waals surface area (Å²) >= 11 is 2.49. The van der Waals surface area contributed by atoms with E-state index in [1.165, 1.54) is 0 Å². The Morgan fingerprint density at radius 1 is 1.47 bits per heavy atom. The summed E-state index contributed by atoms with van der Waals surface area (Å²) in [5, 5.41) is -0.199. The van der Waals surface area contributed by atoms with Gasteiger partial charge in [0.05, 0.1) is 6.21 Å². The molecule has 1 unspecified atom stereocenters. The Labute approximate surface area is 123 Å². The first kappa shape index (κ1) is 16.3. The van der Waals surface area contributed by atoms with Crippen LogP contribution in [0.4, 0.5) is 0 Å². The molecular formula is C14H19NO2S2. The molecule has 3 nitrogen and oxygen atoms in total. The van der Waals surface area contributed by atoms with Crippen LogP contribution < -0.4 is 0 Å². The van der Waals surface area contributed by atoms with Gasteiger partial charge in [-0.2, -0.15) is 0 Å². The van der Waals surface area contributed by atoms with E-state index in [9.17, 15) is 9.35 Å². The normalized spacial score (nSPS) is 13.8. The lowest BCUT2D eigenvalue weighted by Crippen LogP contribution is -2.25. The smallest absolute Gasteiger partial charge is 0.190 e. The van der Waals surface area contributed by atoms with Crippen molar-refractivity contribution in [2.45, 2.75) is 38.9 Å². The third kappa shape index (κ3) is 5.38. The Morgan fingerprint density at radius 3 is 2.63 bits per heavy atom. The lowest BCUT2D eigenvalue weighted by Gasteiger charge is -2.17. The second-order valence-electron chi connectivity index (χ2n) is 5.37. The molecule has 0 aliphatic heterocycles. The molecule has 1 rings (SSSR count). The van der Waals surface area contributed by atoms with Gasteiger partial charge in [0.1, 0.15) is 16.1 Å². The molecule has 0 heterocycles. The first-order valence-electron chi connectivity index (χ1n) is 5.97. The van der Waals surface area contributed by atoms with Crippen LogP contribution in [0.3, 0.4) is 0 Å². The molecule has 0 saturated carbocycles. The summed E-state index contributed by atoms with van der Waals surface area (Å²) in [4.78, 5) is 11.1. The highest BCUT2D eigenvalue weighted by molar-refractivity contribution is 7.96. The molecule has 0 bridgehead atoms. The molecule has 0 fully saturated rings. The molecule has 0 N–H and O–H groups in total. The van der Waals surface area contributed by atoms with Gasteiger partial charge in [0, 0.05) is 12.0 Å². The van der Waals surface area contributed by atoms with Crippen molar-refractivity contribution in [3.8, 4) is 0 Å². The van der Waals surface area contributed by atoms with E-state index in [0.717, 1.165) is 16.7 Å². The van der Waals surface area contributed by atoms with Gasteiger partial charge >= 0.3 is 0 Å². The maximum absolute atomic E-state index is 11.9. The van der Waals surface area contributed by atoms with Crippen LogP contribution in [0.15, 0.2) is 22.6 Å². The number of aryl methyl sites for hydroxylation is 1. The van der Waals surface area contributed by atoms with Gasteiger partial charge in [-0.3, -0.25) is 4.79 Å². The number of carbonyl (C=O) groups excluding carboxylic acids is 1. The first-order valence-corrected chi connectivity index (χ1v) is 7.53. The van der Waals surface area contributed by atoms with E-state index in [0.29, 0.717) is 0 Å². The van der Waals surface area contributed by atoms with Crippen LogP contribution in [0.2, 0.25) is 0 Å². The van der Waals surface area contributed by atoms with Gasteiger partial charge in [0.15, 0.2) is 5.12 Å². The fourth-order valence-electron chi connectivity index (χ4n) is 1.42. The third-order valence-electron chi connectivity index (χ3n) is 2.45. The second-order valence-corrected chi connectivity index (χ2v) is 7.80. The van der Waals surface area contributed by atoms with Crippen LogP contribution in [0.25, 0.3) is 0 Å². The standard InChI is InChI=1S/C14H19NO2S2/c1-10-5-6-11(8-13(16)18)12(7-10)9-15-19(17)14(2,3)4/h5-7,9H,8H2,1-4H3,(H,16,18)/b15-9+. The number of nitrogens with zero attached hydrogens (tertiary/aromatic N) is 1. The van der Waals surface area contributed by atoms with Gasteiger partial charge in [0.2, 0.25) is 0 Å². The molecule has 1 aromatic rings. The Morgan fingerprint density at radius 2 is 2.11 bits per heavy atom. The average molecular weight is 297 g/mol. The largest absolute Gasteiger partial charge is 0.591 e. The average Bonchev–Trinajstić information content (AvgIpc) is 2.27. The van der Waals surface area contributed by atoms with Crippen LogP contribution in [0, 0.1) is 6.92 Å². The predicted molar refractivity (Wildman–Crippen MR) is 84.4 cm³/mol. The van der Waals surface area contributed by atoms with Gasteiger partial charge in [-0.1, -0.05) is 28.2 Å². The summed E-state index contributed by atoms with van der Waals surface area (Å²) in [5.74, 6) is 0. The lowest BCUT2D eigenvalue weighted by molar-refractivity contribution is -0.110. The monoisotopic (exact) mass is 297 g/mol. The third-order valence-corrected chi connectivity index (χ3v) is 3.96. The SMILES string of the molecule is Cc1ccc(CC(=O)S)c(/C=N/[S+]([O-])C(C)(C)C)c1. The second kappa shape index (κ2) is 6.59. The number of rotatable bonds is 4. The van der Waals surface area contributed by atoms with E-state index >= 15 is 0 Å². The van der Waals surface area contributed by atoms with Crippen molar-refractivity contribution in [3.05, 3.63) is 34.9 Å². The topological polar surface area (TPSA) is 52.5 Å². The van der Waals surface area contributed by atoms with Crippen LogP contribution in [-0.2, 0) is 22.6 Å². The minimum absolute atomic E-state index is 0.199. The van der Waals surface area contributed by atoms with E-state index in [4.69, 9.17) is 0 Å². The minimum atomic E-state index is -1.30. The Bertz CT molecular complexity index is 493. The van der Waals surface area contributed by atoms with Crippen molar-refractivity contribution in [2.24, 2.45) is 4.40 Å². The maximum Gasteiger partial charge on any atom is 0.190 e. The van der Waals surface area contributed by atoms with Crippen molar-refractivity contribution < 1.29 is 9.35 Å². The summed E-state index contributed by atoms with van der Waals surface area (Å²) in [6.07, 6.45) is 1.83. The van der Waals surface area contributed by atoms with Crippen molar-refractivity contribution in [1.82, 2.24) is 0 Å². The number of hydrogen-bond acceptors (Lipinski definition) is 3. The molecule has 0 aromatic heterocycles. The summed E-state index contributed by atoms with van der Waals surface area (Å²) in [6.45, 7) is 7.57. The van der Waals surface area contributed by atoms with Gasteiger partial charge in [0.25, 0.3) is 0 Å². The number of hydrogen-bond donors (Lipinski definition) is 1. The van der Waals surface area contributed by atoms with Gasteiger partial charge in [-0.05, 0) is 33.3 Å². The number of thiol groups is 1. The zero-order valence-electron chi connectivity index (χ0n) is 11.6. The Kier molecular flexibility index (Phi) is 5.64. The van der Waals surface area contributed by atoms with E-state index in [1.807, 2.05) is 45.9 Å². The van der Waals surface area contributed by atoms with E-state index < -0.39 is 11.4 Å². The maximum atomic E-state index is 11.9. The minimum Gasteiger partial charge on any atom is -0.591 e. The molecule has 0 saturated heterocycles. The van der Waals surface area contributed by atoms with E-state index in [1.54, 1.807) is 6.21 Å². The van der Waals surface area contributed by atoms with Gasteiger partial charge < -0.3 is 4.55 Å². The highest BCUT2D eigenvalue weighted by atomic mass is 32.2. The Hall–Kier alpha value is -0.780. The number of benzene rings is 1. The highest BCUT2D eigenvalue weighted by Gasteiger charge is 2.25. The van der Waals surface area contributed by atoms with Gasteiger partial charge in [-0.25, -0.2) is 0 Å². The molecule has 0 amide bonds. The van der Waals surface area contributed by atoms with Crippen molar-refractivity contribution >= 4 is 35.3 Å². The molecule has 1 aromatic carbocycles. The van der Waals surface area contributed by atoms with Crippen molar-refractivity contribution in [3.63, 3.8) is 0 Å². The molecule has 5 heteroatoms. The fraction of sp³-hybridized carbons (Fsp3) is 0.429. The van der Waals surface area contributed by atoms with Crippen LogP contribution in [-0.4, -0.2) is 20.6 Å². The highest BCUT2D eigenvalue weighted by Crippen LogP contribution is 2.18. The Balaban J connectivity index is 3.02. The summed E-state index contributed by atoms with van der Waals surface area (Å²) in [7, 11) is 0. The van der Waals surface area contributed by atoms with Crippen molar-refractivity contribution in [2.75, 3.05) is 0 Å². The first-order chi connectivity index (χ1) is 8.70. The summed E-state index contributed by atoms with van der Waals surface area (Å²) < 4.78 is 15.6. The molecule has 0 aliphatic carbocycles. The molecule has 0 aliphatic rings. The van der Waals surface area contributed by atoms with Crippen LogP contribution >= 0.6 is 12.6 Å². The molecule has 0 radical (unpaired) electrons. The van der Waals surface area contributed by atoms with Crippen molar-refractivity contribution in [1.29, 1.82) is 0 Å². The molecule has 1 atom stereocenters. The van der Waals surface area contributed by atoms with Gasteiger partial charge in [-0.15, -0.1) is 12.6 Å². The molecule has 104 valence electrons. The number of carbonyl (C=O) groups is 1. The molecular weight excluding hydrogens is 278 g/mol. The lowest BCUT2D eigenvalue weighted by atomic mass is 10.0. The van der Waals surface area contributed by atoms with Crippen LogP contribution in [0.1, 0.15) is 37.5 Å². The zero-order valence-corrected chi connectivity index (χ0v) is 13.3. The predicted octanol–water partition coefficient (Wildman–Crippen LogP) is 2.88. The fourth-order valence-corrected chi connectivity index (χ4v) is 2.12. The quantitative estimate of drug-likeness (QED) is 0.528.